The molecule has 2 N–H and O–H groups in total. The third-order valence-corrected chi connectivity index (χ3v) is 5.25. The van der Waals surface area contributed by atoms with Crippen molar-refractivity contribution in [3.05, 3.63) is 57.7 Å². The van der Waals surface area contributed by atoms with Crippen molar-refractivity contribution in [3.8, 4) is 10.6 Å². The van der Waals surface area contributed by atoms with Crippen LogP contribution in [0.4, 0.5) is 5.69 Å². The summed E-state index contributed by atoms with van der Waals surface area (Å²) in [6, 6.07) is 8.90. The molecule has 2 heterocycles. The number of carbonyl (C=O) groups is 2. The minimum absolute atomic E-state index is 0.104. The van der Waals surface area contributed by atoms with Gasteiger partial charge in [0.05, 0.1) is 12.1 Å². The molecule has 0 fully saturated rings. The number of nitrogens with one attached hydrogen (secondary N) is 2. The number of aromatic nitrogens is 1. The van der Waals surface area contributed by atoms with Gasteiger partial charge in [-0.2, -0.15) is 11.3 Å². The number of nitrogens with zero attached hydrogens (tertiary/aromatic N) is 1. The first-order chi connectivity index (χ1) is 12.7. The first-order valence-electron chi connectivity index (χ1n) is 8.31. The Kier molecular flexibility index (Phi) is 6.14. The number of amides is 2. The molecule has 3 aromatic rings. The fourth-order valence-electron chi connectivity index (χ4n) is 2.32. The summed E-state index contributed by atoms with van der Waals surface area (Å²) in [7, 11) is 0. The van der Waals surface area contributed by atoms with Gasteiger partial charge in [-0.15, -0.1) is 11.3 Å². The molecule has 0 saturated heterocycles. The molecular formula is C19H19N3O2S2. The summed E-state index contributed by atoms with van der Waals surface area (Å²) in [6.07, 6.45) is 1.12. The molecule has 0 unspecified atom stereocenters. The molecule has 0 aliphatic carbocycles. The number of thiophene rings is 1. The Labute approximate surface area is 160 Å². The predicted molar refractivity (Wildman–Crippen MR) is 107 cm³/mol. The van der Waals surface area contributed by atoms with Crippen molar-refractivity contribution in [2.75, 3.05) is 11.9 Å². The lowest BCUT2D eigenvalue weighted by atomic mass is 10.2. The number of hydrogen-bond acceptors (Lipinski definition) is 5. The van der Waals surface area contributed by atoms with Crippen molar-refractivity contribution in [2.45, 2.75) is 19.8 Å². The molecule has 2 amide bonds. The highest BCUT2D eigenvalue weighted by molar-refractivity contribution is 7.14. The van der Waals surface area contributed by atoms with E-state index >= 15 is 0 Å². The Balaban J connectivity index is 1.56. The standard InChI is InChI=1S/C19H19N3O2S2/c1-2-8-20-18(24)13-3-5-15(6-4-13)21-17(23)10-16-12-26-19(22-16)14-7-9-25-11-14/h3-7,9,11-12H,2,8,10H2,1H3,(H,20,24)(H,21,23). The Morgan fingerprint density at radius 1 is 1.12 bits per heavy atom. The van der Waals surface area contributed by atoms with Gasteiger partial charge in [0.2, 0.25) is 5.91 Å². The smallest absolute Gasteiger partial charge is 0.251 e. The van der Waals surface area contributed by atoms with E-state index in [0.717, 1.165) is 22.7 Å². The summed E-state index contributed by atoms with van der Waals surface area (Å²) in [4.78, 5) is 28.6. The summed E-state index contributed by atoms with van der Waals surface area (Å²) in [6.45, 7) is 2.66. The number of anilines is 1. The molecule has 0 aliphatic heterocycles. The molecule has 0 radical (unpaired) electrons. The molecule has 1 aromatic carbocycles. The van der Waals surface area contributed by atoms with Gasteiger partial charge in [-0.3, -0.25) is 9.59 Å². The summed E-state index contributed by atoms with van der Waals surface area (Å²) >= 11 is 3.16. The van der Waals surface area contributed by atoms with Crippen LogP contribution in [0.2, 0.25) is 0 Å². The highest BCUT2D eigenvalue weighted by atomic mass is 32.1. The van der Waals surface area contributed by atoms with E-state index in [1.54, 1.807) is 35.6 Å². The molecule has 0 bridgehead atoms. The number of thiazole rings is 1. The maximum Gasteiger partial charge on any atom is 0.251 e. The normalized spacial score (nSPS) is 10.5. The highest BCUT2D eigenvalue weighted by Crippen LogP contribution is 2.25. The molecule has 3 rings (SSSR count). The first kappa shape index (κ1) is 18.3. The predicted octanol–water partition coefficient (Wildman–Crippen LogP) is 4.19. The Morgan fingerprint density at radius 2 is 1.92 bits per heavy atom. The van der Waals surface area contributed by atoms with Crippen LogP contribution in [0.15, 0.2) is 46.5 Å². The van der Waals surface area contributed by atoms with E-state index in [0.29, 0.717) is 17.8 Å². The zero-order valence-corrected chi connectivity index (χ0v) is 16.0. The third kappa shape index (κ3) is 4.77. The molecule has 0 spiro atoms. The van der Waals surface area contributed by atoms with Crippen molar-refractivity contribution < 1.29 is 9.59 Å². The van der Waals surface area contributed by atoms with Crippen LogP contribution in [0.5, 0.6) is 0 Å². The van der Waals surface area contributed by atoms with Crippen molar-refractivity contribution in [2.24, 2.45) is 0 Å². The monoisotopic (exact) mass is 385 g/mol. The Bertz CT molecular complexity index is 871. The minimum atomic E-state index is -0.129. The van der Waals surface area contributed by atoms with Crippen LogP contribution in [0.1, 0.15) is 29.4 Å². The summed E-state index contributed by atoms with van der Waals surface area (Å²) in [5, 5.41) is 12.6. The van der Waals surface area contributed by atoms with Gasteiger partial charge in [0.15, 0.2) is 0 Å². The quantitative estimate of drug-likeness (QED) is 0.640. The number of hydrogen-bond donors (Lipinski definition) is 2. The van der Waals surface area contributed by atoms with E-state index in [-0.39, 0.29) is 18.2 Å². The van der Waals surface area contributed by atoms with Crippen LogP contribution >= 0.6 is 22.7 Å². The number of benzene rings is 1. The average molecular weight is 386 g/mol. The first-order valence-corrected chi connectivity index (χ1v) is 10.1. The van der Waals surface area contributed by atoms with Crippen LogP contribution in [-0.4, -0.2) is 23.3 Å². The summed E-state index contributed by atoms with van der Waals surface area (Å²) < 4.78 is 0. The van der Waals surface area contributed by atoms with E-state index in [1.807, 2.05) is 29.1 Å². The lowest BCUT2D eigenvalue weighted by Gasteiger charge is -2.06. The van der Waals surface area contributed by atoms with Gasteiger partial charge in [-0.25, -0.2) is 4.98 Å². The van der Waals surface area contributed by atoms with Crippen LogP contribution in [0, 0.1) is 0 Å². The molecule has 0 aliphatic rings. The molecule has 134 valence electrons. The molecule has 26 heavy (non-hydrogen) atoms. The summed E-state index contributed by atoms with van der Waals surface area (Å²) in [5.41, 5.74) is 3.08. The second kappa shape index (κ2) is 8.73. The number of carbonyl (C=O) groups excluding carboxylic acids is 2. The number of rotatable bonds is 7. The van der Waals surface area contributed by atoms with E-state index in [1.165, 1.54) is 11.3 Å². The third-order valence-electron chi connectivity index (χ3n) is 3.63. The Hall–Kier alpha value is -2.51. The molecule has 7 heteroatoms. The van der Waals surface area contributed by atoms with Gasteiger partial charge in [-0.1, -0.05) is 6.92 Å². The second-order valence-corrected chi connectivity index (χ2v) is 7.35. The lowest BCUT2D eigenvalue weighted by molar-refractivity contribution is -0.115. The van der Waals surface area contributed by atoms with E-state index in [9.17, 15) is 9.59 Å². The SMILES string of the molecule is CCCNC(=O)c1ccc(NC(=O)Cc2csc(-c3ccsc3)n2)cc1. The average Bonchev–Trinajstić information content (AvgIpc) is 3.31. The van der Waals surface area contributed by atoms with Gasteiger partial charge >= 0.3 is 0 Å². The van der Waals surface area contributed by atoms with Crippen LogP contribution in [-0.2, 0) is 11.2 Å². The maximum atomic E-state index is 12.2. The van der Waals surface area contributed by atoms with Crippen molar-refractivity contribution in [3.63, 3.8) is 0 Å². The highest BCUT2D eigenvalue weighted by Gasteiger charge is 2.10. The van der Waals surface area contributed by atoms with E-state index < -0.39 is 0 Å². The van der Waals surface area contributed by atoms with Crippen LogP contribution in [0.25, 0.3) is 10.6 Å². The Morgan fingerprint density at radius 3 is 2.62 bits per heavy atom. The molecule has 0 atom stereocenters. The van der Waals surface area contributed by atoms with E-state index in [4.69, 9.17) is 0 Å². The van der Waals surface area contributed by atoms with Gasteiger partial charge in [0.1, 0.15) is 5.01 Å². The molecule has 0 saturated carbocycles. The van der Waals surface area contributed by atoms with E-state index in [2.05, 4.69) is 15.6 Å². The van der Waals surface area contributed by atoms with Crippen molar-refractivity contribution in [1.82, 2.24) is 10.3 Å². The second-order valence-electron chi connectivity index (χ2n) is 5.71. The minimum Gasteiger partial charge on any atom is -0.352 e. The van der Waals surface area contributed by atoms with Gasteiger partial charge in [0.25, 0.3) is 5.91 Å². The molecule has 5 nitrogen and oxygen atoms in total. The maximum absolute atomic E-state index is 12.2. The van der Waals surface area contributed by atoms with Crippen LogP contribution < -0.4 is 10.6 Å². The zero-order chi connectivity index (χ0) is 18.4. The van der Waals surface area contributed by atoms with Gasteiger partial charge in [-0.05, 0) is 42.1 Å². The summed E-state index contributed by atoms with van der Waals surface area (Å²) in [5.74, 6) is -0.233. The lowest BCUT2D eigenvalue weighted by Crippen LogP contribution is -2.23. The van der Waals surface area contributed by atoms with Crippen molar-refractivity contribution in [1.29, 1.82) is 0 Å². The zero-order valence-electron chi connectivity index (χ0n) is 14.3. The van der Waals surface area contributed by atoms with Crippen molar-refractivity contribution >= 4 is 40.2 Å². The largest absolute Gasteiger partial charge is 0.352 e. The van der Waals surface area contributed by atoms with Gasteiger partial charge < -0.3 is 10.6 Å². The fraction of sp³-hybridized carbons (Fsp3) is 0.211. The fourth-order valence-corrected chi connectivity index (χ4v) is 3.85. The molecular weight excluding hydrogens is 366 g/mol. The van der Waals surface area contributed by atoms with Crippen LogP contribution in [0.3, 0.4) is 0 Å². The topological polar surface area (TPSA) is 71.1 Å². The molecule has 2 aromatic heterocycles. The van der Waals surface area contributed by atoms with Gasteiger partial charge in [0, 0.05) is 34.1 Å².